The van der Waals surface area contributed by atoms with Gasteiger partial charge in [0.2, 0.25) is 0 Å². The van der Waals surface area contributed by atoms with Crippen molar-refractivity contribution in [3.63, 3.8) is 0 Å². The zero-order valence-corrected chi connectivity index (χ0v) is 29.8. The molecule has 2 fully saturated rings. The number of ether oxygens (including phenoxy) is 6. The third-order valence-corrected chi connectivity index (χ3v) is 8.09. The van der Waals surface area contributed by atoms with E-state index in [4.69, 9.17) is 28.4 Å². The summed E-state index contributed by atoms with van der Waals surface area (Å²) in [6.07, 6.45) is 12.7. The molecule has 0 spiro atoms. The number of allylic oxidation sites excluding steroid dienone is 10. The van der Waals surface area contributed by atoms with Crippen LogP contribution in [0.3, 0.4) is 0 Å². The highest BCUT2D eigenvalue weighted by molar-refractivity contribution is 5.66. The van der Waals surface area contributed by atoms with Crippen LogP contribution in [-0.4, -0.2) is 142 Å². The normalized spacial score (nSPS) is 31.2. The average molecular weight is 729 g/mol. The van der Waals surface area contributed by atoms with E-state index in [1.807, 2.05) is 0 Å². The number of carbonyl (C=O) groups excluding carboxylic acids is 1. The Balaban J connectivity index is 1.67. The zero-order valence-electron chi connectivity index (χ0n) is 29.8. The van der Waals surface area contributed by atoms with Crippen LogP contribution in [0.15, 0.2) is 60.8 Å². The van der Waals surface area contributed by atoms with Crippen LogP contribution < -0.4 is 0 Å². The molecule has 2 rings (SSSR count). The maximum absolute atomic E-state index is 11.7. The van der Waals surface area contributed by atoms with Crippen LogP contribution in [0.5, 0.6) is 0 Å². The van der Waals surface area contributed by atoms with E-state index in [0.717, 1.165) is 51.4 Å². The second-order valence-corrected chi connectivity index (χ2v) is 12.4. The van der Waals surface area contributed by atoms with Crippen LogP contribution in [0.25, 0.3) is 0 Å². The molecule has 14 heteroatoms. The van der Waals surface area contributed by atoms with E-state index < -0.39 is 86.7 Å². The summed E-state index contributed by atoms with van der Waals surface area (Å²) in [5.74, 6) is -0.572. The average Bonchev–Trinajstić information content (AvgIpc) is 3.11. The molecule has 14 nitrogen and oxygen atoms in total. The van der Waals surface area contributed by atoms with Gasteiger partial charge in [0.25, 0.3) is 0 Å². The Morgan fingerprint density at radius 3 is 1.71 bits per heavy atom. The minimum Gasteiger partial charge on any atom is -0.458 e. The van der Waals surface area contributed by atoms with Gasteiger partial charge in [0, 0.05) is 13.5 Å². The van der Waals surface area contributed by atoms with Gasteiger partial charge in [-0.05, 0) is 51.4 Å². The van der Waals surface area contributed by atoms with Crippen molar-refractivity contribution in [2.45, 2.75) is 133 Å². The Bertz CT molecular complexity index is 1080. The number of rotatable bonds is 24. The van der Waals surface area contributed by atoms with Gasteiger partial charge in [0.15, 0.2) is 12.6 Å². The first-order valence-electron chi connectivity index (χ1n) is 17.8. The van der Waals surface area contributed by atoms with E-state index in [-0.39, 0.29) is 13.2 Å². The highest BCUT2D eigenvalue weighted by atomic mass is 16.7. The van der Waals surface area contributed by atoms with Gasteiger partial charge in [-0.2, -0.15) is 0 Å². The fraction of sp³-hybridized carbons (Fsp3) is 0.703. The van der Waals surface area contributed by atoms with E-state index >= 15 is 0 Å². The Morgan fingerprint density at radius 2 is 1.16 bits per heavy atom. The van der Waals surface area contributed by atoms with Crippen molar-refractivity contribution in [2.75, 3.05) is 33.0 Å². The van der Waals surface area contributed by atoms with Crippen molar-refractivity contribution >= 4 is 5.97 Å². The molecule has 51 heavy (non-hydrogen) atoms. The molecular formula is C37H60O14. The van der Waals surface area contributed by atoms with Gasteiger partial charge in [-0.15, -0.1) is 0 Å². The highest BCUT2D eigenvalue weighted by Gasteiger charge is 2.47. The van der Waals surface area contributed by atoms with Gasteiger partial charge in [-0.25, -0.2) is 0 Å². The number of carbonyl (C=O) groups is 1. The maximum atomic E-state index is 11.7. The van der Waals surface area contributed by atoms with Crippen molar-refractivity contribution in [3.05, 3.63) is 60.8 Å². The summed E-state index contributed by atoms with van der Waals surface area (Å²) in [6.45, 7) is 2.38. The quantitative estimate of drug-likeness (QED) is 0.0427. The van der Waals surface area contributed by atoms with E-state index in [0.29, 0.717) is 6.61 Å². The molecule has 0 amide bonds. The fourth-order valence-electron chi connectivity index (χ4n) is 5.19. The van der Waals surface area contributed by atoms with Crippen molar-refractivity contribution in [1.29, 1.82) is 0 Å². The molecule has 0 radical (unpaired) electrons. The van der Waals surface area contributed by atoms with Crippen LogP contribution in [0.2, 0.25) is 0 Å². The molecular weight excluding hydrogens is 668 g/mol. The highest BCUT2D eigenvalue weighted by Crippen LogP contribution is 2.26. The predicted octanol–water partition coefficient (Wildman–Crippen LogP) is 1.50. The number of esters is 1. The first-order valence-corrected chi connectivity index (χ1v) is 17.8. The molecule has 11 atom stereocenters. The Kier molecular flexibility index (Phi) is 23.3. The minimum atomic E-state index is -1.71. The summed E-state index contributed by atoms with van der Waals surface area (Å²) in [7, 11) is 0. The Labute approximate surface area is 301 Å². The zero-order chi connectivity index (χ0) is 37.4. The molecule has 11 unspecified atom stereocenters. The topological polar surface area (TPSA) is 214 Å². The smallest absolute Gasteiger partial charge is 0.303 e. The van der Waals surface area contributed by atoms with E-state index in [1.54, 1.807) is 0 Å². The molecule has 2 saturated heterocycles. The molecule has 0 aromatic heterocycles. The largest absolute Gasteiger partial charge is 0.458 e. The van der Waals surface area contributed by atoms with Crippen LogP contribution >= 0.6 is 0 Å². The van der Waals surface area contributed by atoms with Crippen LogP contribution in [0.4, 0.5) is 0 Å². The second-order valence-electron chi connectivity index (χ2n) is 12.4. The molecule has 0 saturated carbocycles. The number of aliphatic hydroxyl groups is 7. The molecule has 0 aromatic rings. The first-order chi connectivity index (χ1) is 24.6. The lowest BCUT2D eigenvalue weighted by Gasteiger charge is -2.42. The molecule has 0 aliphatic carbocycles. The number of hydrogen-bond donors (Lipinski definition) is 7. The SMILES string of the molecule is CC/C=C\C/C=C\C/C=C\C/C=C\C/C=C\CCCCOCC(COC1OC(COC2OC(CO)C(O)C(O)C2O)C(O)C(O)C1O)OC(C)=O. The van der Waals surface area contributed by atoms with Gasteiger partial charge in [-0.1, -0.05) is 67.7 Å². The van der Waals surface area contributed by atoms with Crippen LogP contribution in [0.1, 0.15) is 65.2 Å². The van der Waals surface area contributed by atoms with Crippen LogP contribution in [-0.2, 0) is 33.2 Å². The van der Waals surface area contributed by atoms with Gasteiger partial charge in [0.1, 0.15) is 54.9 Å². The van der Waals surface area contributed by atoms with Gasteiger partial charge >= 0.3 is 5.97 Å². The van der Waals surface area contributed by atoms with E-state index in [2.05, 4.69) is 67.7 Å². The third-order valence-electron chi connectivity index (χ3n) is 8.09. The monoisotopic (exact) mass is 728 g/mol. The number of hydrogen-bond acceptors (Lipinski definition) is 14. The Hall–Kier alpha value is -2.31. The predicted molar refractivity (Wildman–Crippen MR) is 187 cm³/mol. The maximum Gasteiger partial charge on any atom is 0.303 e. The van der Waals surface area contributed by atoms with Crippen LogP contribution in [0, 0.1) is 0 Å². The summed E-state index contributed by atoms with van der Waals surface area (Å²) in [6, 6.07) is 0. The first kappa shape index (κ1) is 44.8. The van der Waals surface area contributed by atoms with Gasteiger partial charge in [0.05, 0.1) is 26.4 Å². The summed E-state index contributed by atoms with van der Waals surface area (Å²) in [5, 5.41) is 70.7. The lowest BCUT2D eigenvalue weighted by atomic mass is 9.98. The molecule has 0 aromatic carbocycles. The molecule has 2 aliphatic rings. The number of aliphatic hydroxyl groups excluding tert-OH is 7. The molecule has 7 N–H and O–H groups in total. The summed E-state index contributed by atoms with van der Waals surface area (Å²) < 4.78 is 32.9. The lowest BCUT2D eigenvalue weighted by Crippen LogP contribution is -2.61. The van der Waals surface area contributed by atoms with Crippen molar-refractivity contribution in [1.82, 2.24) is 0 Å². The standard InChI is InChI=1S/C37H60O14/c1-3-4-5-6-7-8-9-10-11-12-13-14-15-16-17-18-19-20-21-46-23-27(49-26(2)39)24-47-36-35(45)33(43)31(41)29(51-36)25-48-37-34(44)32(42)30(40)28(22-38)50-37/h4-5,7-8,10-11,13-14,16-17,27-38,40-45H,3,6,9,12,15,18-25H2,1-2H3/b5-4-,8-7-,11-10-,14-13-,17-16-. The molecule has 292 valence electrons. The molecule has 2 heterocycles. The molecule has 0 bridgehead atoms. The van der Waals surface area contributed by atoms with E-state index in [1.165, 1.54) is 6.92 Å². The summed E-state index contributed by atoms with van der Waals surface area (Å²) in [4.78, 5) is 11.7. The van der Waals surface area contributed by atoms with Crippen molar-refractivity contribution in [3.8, 4) is 0 Å². The fourth-order valence-corrected chi connectivity index (χ4v) is 5.19. The Morgan fingerprint density at radius 1 is 0.647 bits per heavy atom. The number of unbranched alkanes of at least 4 members (excludes halogenated alkanes) is 2. The summed E-state index contributed by atoms with van der Waals surface area (Å²) in [5.41, 5.74) is 0. The van der Waals surface area contributed by atoms with Crippen molar-refractivity contribution < 1.29 is 69.0 Å². The van der Waals surface area contributed by atoms with E-state index in [9.17, 15) is 40.5 Å². The lowest BCUT2D eigenvalue weighted by molar-refractivity contribution is -0.332. The summed E-state index contributed by atoms with van der Waals surface area (Å²) >= 11 is 0. The van der Waals surface area contributed by atoms with Gasteiger partial charge in [-0.3, -0.25) is 4.79 Å². The molecule has 2 aliphatic heterocycles. The minimum absolute atomic E-state index is 0.0128. The van der Waals surface area contributed by atoms with Crippen molar-refractivity contribution in [2.24, 2.45) is 0 Å². The van der Waals surface area contributed by atoms with Gasteiger partial charge < -0.3 is 64.2 Å². The third kappa shape index (κ3) is 17.4. The second kappa shape index (κ2) is 26.5.